The van der Waals surface area contributed by atoms with Crippen LogP contribution in [-0.2, 0) is 27.2 Å². The van der Waals surface area contributed by atoms with Crippen LogP contribution in [0.2, 0.25) is 0 Å². The monoisotopic (exact) mass is 431 g/mol. The van der Waals surface area contributed by atoms with E-state index in [1.54, 1.807) is 4.72 Å². The van der Waals surface area contributed by atoms with Gasteiger partial charge in [-0.2, -0.15) is 26.3 Å². The molecule has 0 aliphatic heterocycles. The number of sulfonamides is 1. The highest BCUT2D eigenvalue weighted by Crippen LogP contribution is 2.37. The van der Waals surface area contributed by atoms with E-state index in [1.807, 2.05) is 0 Å². The fourth-order valence-corrected chi connectivity index (χ4v) is 4.24. The predicted molar refractivity (Wildman–Crippen MR) is 87.6 cm³/mol. The van der Waals surface area contributed by atoms with Crippen molar-refractivity contribution < 1.29 is 39.6 Å². The minimum atomic E-state index is -5.18. The van der Waals surface area contributed by atoms with Crippen LogP contribution in [0.4, 0.5) is 26.3 Å². The third kappa shape index (κ3) is 6.11. The lowest BCUT2D eigenvalue weighted by molar-refractivity contribution is -0.143. The first kappa shape index (κ1) is 22.5. The predicted octanol–water partition coefficient (Wildman–Crippen LogP) is 4.89. The number of rotatable bonds is 5. The van der Waals surface area contributed by atoms with Gasteiger partial charge in [0.2, 0.25) is 5.91 Å². The number of hydrogen-bond acceptors (Lipinski definition) is 3. The molecule has 158 valence electrons. The standard InChI is InChI=1S/C17H19F6NO3S/c18-16(19,20)12-8-13(17(21,22)23)10-14(9-12)28(26,27)24-15(25)7-6-11-4-2-1-3-5-11/h8-11H,1-7H2,(H,24,25). The summed E-state index contributed by atoms with van der Waals surface area (Å²) in [6.07, 6.45) is -5.21. The molecule has 1 N–H and O–H groups in total. The fraction of sp³-hybridized carbons (Fsp3) is 0.588. The van der Waals surface area contributed by atoms with E-state index < -0.39 is 44.3 Å². The van der Waals surface area contributed by atoms with Gasteiger partial charge in [-0.25, -0.2) is 13.1 Å². The van der Waals surface area contributed by atoms with Crippen LogP contribution >= 0.6 is 0 Å². The highest BCUT2D eigenvalue weighted by Gasteiger charge is 2.38. The molecule has 11 heteroatoms. The fourth-order valence-electron chi connectivity index (χ4n) is 3.15. The van der Waals surface area contributed by atoms with Gasteiger partial charge in [0.05, 0.1) is 16.0 Å². The molecule has 0 aromatic heterocycles. The quantitative estimate of drug-likeness (QED) is 0.676. The molecule has 1 amide bonds. The van der Waals surface area contributed by atoms with Crippen LogP contribution in [0.15, 0.2) is 23.1 Å². The molecule has 2 rings (SSSR count). The van der Waals surface area contributed by atoms with E-state index in [-0.39, 0.29) is 30.5 Å². The number of amides is 1. The van der Waals surface area contributed by atoms with Crippen molar-refractivity contribution >= 4 is 15.9 Å². The maximum absolute atomic E-state index is 12.9. The van der Waals surface area contributed by atoms with E-state index in [9.17, 15) is 39.6 Å². The zero-order valence-electron chi connectivity index (χ0n) is 14.7. The Morgan fingerprint density at radius 1 is 0.929 bits per heavy atom. The minimum Gasteiger partial charge on any atom is -0.274 e. The van der Waals surface area contributed by atoms with Crippen LogP contribution in [0.1, 0.15) is 56.1 Å². The van der Waals surface area contributed by atoms with Gasteiger partial charge in [-0.05, 0) is 30.5 Å². The molecular formula is C17H19F6NO3S. The number of carbonyl (C=O) groups excluding carboxylic acids is 1. The smallest absolute Gasteiger partial charge is 0.274 e. The molecule has 1 aliphatic carbocycles. The molecule has 1 fully saturated rings. The van der Waals surface area contributed by atoms with Gasteiger partial charge in [0, 0.05) is 6.42 Å². The van der Waals surface area contributed by atoms with E-state index in [0.29, 0.717) is 6.42 Å². The molecule has 0 saturated heterocycles. The highest BCUT2D eigenvalue weighted by atomic mass is 32.2. The van der Waals surface area contributed by atoms with Crippen LogP contribution in [-0.4, -0.2) is 14.3 Å². The zero-order valence-corrected chi connectivity index (χ0v) is 15.5. The summed E-state index contributed by atoms with van der Waals surface area (Å²) in [6.45, 7) is 0. The van der Waals surface area contributed by atoms with Crippen molar-refractivity contribution in [3.8, 4) is 0 Å². The number of benzene rings is 1. The molecule has 0 unspecified atom stereocenters. The van der Waals surface area contributed by atoms with Gasteiger partial charge in [-0.1, -0.05) is 32.1 Å². The molecule has 0 bridgehead atoms. The van der Waals surface area contributed by atoms with Crippen LogP contribution in [0.25, 0.3) is 0 Å². The maximum atomic E-state index is 12.9. The lowest BCUT2D eigenvalue weighted by Gasteiger charge is -2.21. The Balaban J connectivity index is 2.20. The zero-order chi connectivity index (χ0) is 21.2. The normalized spacial score (nSPS) is 16.8. The SMILES string of the molecule is O=C(CCC1CCCCC1)NS(=O)(=O)c1cc(C(F)(F)F)cc(C(F)(F)F)c1. The first-order valence-corrected chi connectivity index (χ1v) is 10.1. The number of halogens is 6. The molecule has 0 spiro atoms. The molecule has 1 aromatic carbocycles. The second-order valence-corrected chi connectivity index (χ2v) is 8.50. The molecule has 1 saturated carbocycles. The van der Waals surface area contributed by atoms with Crippen molar-refractivity contribution in [3.05, 3.63) is 29.3 Å². The van der Waals surface area contributed by atoms with Crippen molar-refractivity contribution in [2.45, 2.75) is 62.2 Å². The Morgan fingerprint density at radius 3 is 1.89 bits per heavy atom. The second kappa shape index (κ2) is 8.30. The van der Waals surface area contributed by atoms with E-state index in [0.717, 1.165) is 32.1 Å². The van der Waals surface area contributed by atoms with Crippen molar-refractivity contribution in [3.63, 3.8) is 0 Å². The number of carbonyl (C=O) groups is 1. The number of nitrogens with one attached hydrogen (secondary N) is 1. The summed E-state index contributed by atoms with van der Waals surface area (Å²) in [6, 6.07) is -0.0259. The topological polar surface area (TPSA) is 63.2 Å². The van der Waals surface area contributed by atoms with Gasteiger partial charge >= 0.3 is 12.4 Å². The third-order valence-electron chi connectivity index (χ3n) is 4.62. The number of alkyl halides is 6. The van der Waals surface area contributed by atoms with Crippen molar-refractivity contribution in [1.29, 1.82) is 0 Å². The second-order valence-electron chi connectivity index (χ2n) is 6.81. The molecule has 0 radical (unpaired) electrons. The summed E-state index contributed by atoms with van der Waals surface area (Å²) in [7, 11) is -4.88. The van der Waals surface area contributed by atoms with Gasteiger partial charge < -0.3 is 0 Å². The third-order valence-corrected chi connectivity index (χ3v) is 5.98. The van der Waals surface area contributed by atoms with Gasteiger partial charge in [0.15, 0.2) is 0 Å². The lowest BCUT2D eigenvalue weighted by atomic mass is 9.86. The van der Waals surface area contributed by atoms with E-state index >= 15 is 0 Å². The molecule has 1 aromatic rings. The Labute approximate surface area is 158 Å². The van der Waals surface area contributed by atoms with Crippen molar-refractivity contribution in [1.82, 2.24) is 4.72 Å². The summed E-state index contributed by atoms with van der Waals surface area (Å²) in [4.78, 5) is 10.6. The first-order valence-electron chi connectivity index (χ1n) is 8.64. The summed E-state index contributed by atoms with van der Waals surface area (Å²) >= 11 is 0. The lowest BCUT2D eigenvalue weighted by Crippen LogP contribution is -2.31. The average molecular weight is 431 g/mol. The maximum Gasteiger partial charge on any atom is 0.416 e. The van der Waals surface area contributed by atoms with Gasteiger partial charge in [-0.15, -0.1) is 0 Å². The highest BCUT2D eigenvalue weighted by molar-refractivity contribution is 7.90. The van der Waals surface area contributed by atoms with Crippen LogP contribution in [0, 0.1) is 5.92 Å². The van der Waals surface area contributed by atoms with Crippen molar-refractivity contribution in [2.75, 3.05) is 0 Å². The Hall–Kier alpha value is -1.78. The van der Waals surface area contributed by atoms with Crippen LogP contribution < -0.4 is 4.72 Å². The van der Waals surface area contributed by atoms with Gasteiger partial charge in [0.1, 0.15) is 0 Å². The average Bonchev–Trinajstić information content (AvgIpc) is 2.58. The van der Waals surface area contributed by atoms with E-state index in [4.69, 9.17) is 0 Å². The van der Waals surface area contributed by atoms with Gasteiger partial charge in [-0.3, -0.25) is 4.79 Å². The largest absolute Gasteiger partial charge is 0.416 e. The van der Waals surface area contributed by atoms with E-state index in [2.05, 4.69) is 0 Å². The number of hydrogen-bond donors (Lipinski definition) is 1. The summed E-state index contributed by atoms with van der Waals surface area (Å²) in [5.74, 6) is -0.705. The van der Waals surface area contributed by atoms with Gasteiger partial charge in [0.25, 0.3) is 10.0 Å². The molecule has 4 nitrogen and oxygen atoms in total. The molecular weight excluding hydrogens is 412 g/mol. The summed E-state index contributed by atoms with van der Waals surface area (Å²) in [5.41, 5.74) is -3.53. The van der Waals surface area contributed by atoms with Crippen molar-refractivity contribution in [2.24, 2.45) is 5.92 Å². The summed E-state index contributed by atoms with van der Waals surface area (Å²) < 4.78 is 103. The summed E-state index contributed by atoms with van der Waals surface area (Å²) in [5, 5.41) is 0. The molecule has 0 atom stereocenters. The molecule has 0 heterocycles. The van der Waals surface area contributed by atoms with E-state index in [1.165, 1.54) is 0 Å². The Kier molecular flexibility index (Phi) is 6.67. The molecule has 1 aliphatic rings. The molecule has 28 heavy (non-hydrogen) atoms. The minimum absolute atomic E-state index is 0.0754. The Morgan fingerprint density at radius 2 is 1.43 bits per heavy atom. The first-order chi connectivity index (χ1) is 12.8. The van der Waals surface area contributed by atoms with Crippen LogP contribution in [0.3, 0.4) is 0 Å². The Bertz CT molecular complexity index is 779. The van der Waals surface area contributed by atoms with Crippen LogP contribution in [0.5, 0.6) is 0 Å².